The van der Waals surface area contributed by atoms with Crippen LogP contribution in [0.25, 0.3) is 10.8 Å². The number of aromatic hydroxyl groups is 1. The minimum atomic E-state index is -0.0420. The van der Waals surface area contributed by atoms with Gasteiger partial charge in [-0.25, -0.2) is 0 Å². The van der Waals surface area contributed by atoms with Gasteiger partial charge in [0.25, 0.3) is 5.91 Å². The lowest BCUT2D eigenvalue weighted by Crippen LogP contribution is -2.36. The number of carbonyl (C=O) groups excluding carboxylic acids is 1. The van der Waals surface area contributed by atoms with Crippen molar-refractivity contribution in [1.82, 2.24) is 16.0 Å². The van der Waals surface area contributed by atoms with E-state index in [0.29, 0.717) is 12.1 Å². The molecular formula is C23H33N3O2. The normalized spacial score (nSPS) is 15.0. The van der Waals surface area contributed by atoms with Crippen molar-refractivity contribution in [2.45, 2.75) is 51.0 Å². The highest BCUT2D eigenvalue weighted by atomic mass is 16.3. The summed E-state index contributed by atoms with van der Waals surface area (Å²) < 4.78 is 0. The van der Waals surface area contributed by atoms with Gasteiger partial charge in [-0.15, -0.1) is 0 Å². The fraction of sp³-hybridized carbons (Fsp3) is 0.522. The minimum Gasteiger partial charge on any atom is -0.508 e. The van der Waals surface area contributed by atoms with Crippen LogP contribution >= 0.6 is 0 Å². The van der Waals surface area contributed by atoms with Crippen molar-refractivity contribution in [3.63, 3.8) is 0 Å². The van der Waals surface area contributed by atoms with E-state index in [1.807, 2.05) is 18.2 Å². The van der Waals surface area contributed by atoms with Crippen molar-refractivity contribution in [3.8, 4) is 5.75 Å². The van der Waals surface area contributed by atoms with Gasteiger partial charge in [0.2, 0.25) is 0 Å². The number of benzene rings is 2. The maximum Gasteiger partial charge on any atom is 0.251 e. The van der Waals surface area contributed by atoms with Crippen molar-refractivity contribution in [2.75, 3.05) is 26.2 Å². The monoisotopic (exact) mass is 383 g/mol. The van der Waals surface area contributed by atoms with Crippen molar-refractivity contribution in [2.24, 2.45) is 0 Å². The van der Waals surface area contributed by atoms with Crippen LogP contribution in [0.2, 0.25) is 0 Å². The first-order chi connectivity index (χ1) is 13.7. The Kier molecular flexibility index (Phi) is 8.12. The minimum absolute atomic E-state index is 0.0420. The molecular weight excluding hydrogens is 350 g/mol. The summed E-state index contributed by atoms with van der Waals surface area (Å²) in [7, 11) is 0. The summed E-state index contributed by atoms with van der Waals surface area (Å²) in [6, 6.07) is 11.4. The molecule has 5 nitrogen and oxygen atoms in total. The van der Waals surface area contributed by atoms with Crippen LogP contribution in [0.1, 0.15) is 55.3 Å². The number of carbonyl (C=O) groups is 1. The topological polar surface area (TPSA) is 73.4 Å². The Labute approximate surface area is 167 Å². The Morgan fingerprint density at radius 2 is 1.64 bits per heavy atom. The zero-order valence-corrected chi connectivity index (χ0v) is 16.7. The predicted molar refractivity (Wildman–Crippen MR) is 115 cm³/mol. The lowest BCUT2D eigenvalue weighted by atomic mass is 9.95. The lowest BCUT2D eigenvalue weighted by molar-refractivity contribution is 0.0953. The van der Waals surface area contributed by atoms with E-state index in [0.717, 1.165) is 49.3 Å². The smallest absolute Gasteiger partial charge is 0.251 e. The number of phenolic OH excluding ortho intramolecular Hbond substituents is 1. The summed E-state index contributed by atoms with van der Waals surface area (Å²) >= 11 is 0. The Bertz CT molecular complexity index is 757. The van der Waals surface area contributed by atoms with Crippen molar-refractivity contribution in [1.29, 1.82) is 0 Å². The first-order valence-corrected chi connectivity index (χ1v) is 10.7. The van der Waals surface area contributed by atoms with Crippen molar-refractivity contribution < 1.29 is 9.90 Å². The number of rotatable bonds is 10. The molecule has 0 radical (unpaired) electrons. The molecule has 1 aliphatic rings. The summed E-state index contributed by atoms with van der Waals surface area (Å²) in [5.74, 6) is 0.197. The van der Waals surface area contributed by atoms with Gasteiger partial charge >= 0.3 is 0 Å². The largest absolute Gasteiger partial charge is 0.508 e. The van der Waals surface area contributed by atoms with Crippen LogP contribution in [0.15, 0.2) is 36.4 Å². The van der Waals surface area contributed by atoms with Gasteiger partial charge in [-0.1, -0.05) is 31.4 Å². The maximum atomic E-state index is 12.3. The molecule has 28 heavy (non-hydrogen) atoms. The summed E-state index contributed by atoms with van der Waals surface area (Å²) in [5.41, 5.74) is 0.658. The fourth-order valence-corrected chi connectivity index (χ4v) is 3.85. The number of amides is 1. The molecule has 1 saturated carbocycles. The Hall–Kier alpha value is -2.11. The Morgan fingerprint density at radius 1 is 0.893 bits per heavy atom. The fourth-order valence-electron chi connectivity index (χ4n) is 3.85. The molecule has 1 fully saturated rings. The summed E-state index contributed by atoms with van der Waals surface area (Å²) in [5, 5.41) is 21.5. The molecule has 4 N–H and O–H groups in total. The highest BCUT2D eigenvalue weighted by molar-refractivity contribution is 5.98. The van der Waals surface area contributed by atoms with E-state index in [2.05, 4.69) is 16.0 Å². The van der Waals surface area contributed by atoms with E-state index in [4.69, 9.17) is 0 Å². The summed E-state index contributed by atoms with van der Waals surface area (Å²) in [6.45, 7) is 3.73. The second-order valence-electron chi connectivity index (χ2n) is 7.75. The molecule has 5 heteroatoms. The van der Waals surface area contributed by atoms with Crippen LogP contribution in [-0.4, -0.2) is 43.2 Å². The van der Waals surface area contributed by atoms with Gasteiger partial charge in [0.05, 0.1) is 0 Å². The molecule has 2 aromatic carbocycles. The van der Waals surface area contributed by atoms with Gasteiger partial charge in [0, 0.05) is 31.2 Å². The molecule has 3 rings (SSSR count). The highest BCUT2D eigenvalue weighted by Crippen LogP contribution is 2.21. The number of fused-ring (bicyclic) bond motifs is 1. The molecule has 0 bridgehead atoms. The van der Waals surface area contributed by atoms with Gasteiger partial charge in [-0.3, -0.25) is 4.79 Å². The Morgan fingerprint density at radius 3 is 2.50 bits per heavy atom. The molecule has 1 amide bonds. The zero-order chi connectivity index (χ0) is 19.6. The summed E-state index contributed by atoms with van der Waals surface area (Å²) in [4.78, 5) is 12.3. The van der Waals surface area contributed by atoms with E-state index >= 15 is 0 Å². The molecule has 2 aromatic rings. The van der Waals surface area contributed by atoms with Gasteiger partial charge in [0.1, 0.15) is 5.75 Å². The van der Waals surface area contributed by atoms with E-state index < -0.39 is 0 Å². The van der Waals surface area contributed by atoms with Crippen LogP contribution < -0.4 is 16.0 Å². The standard InChI is InChI=1S/C23H33N3O2/c27-22-11-10-18-16-20(9-8-19(18)17-22)23(28)26-13-5-4-12-24-14-15-25-21-6-2-1-3-7-21/h8-11,16-17,21,24-25,27H,1-7,12-15H2,(H,26,28). The van der Waals surface area contributed by atoms with Crippen LogP contribution in [0.4, 0.5) is 0 Å². The Balaban J connectivity index is 1.25. The molecule has 0 unspecified atom stereocenters. The molecule has 0 saturated heterocycles. The lowest BCUT2D eigenvalue weighted by Gasteiger charge is -2.22. The average molecular weight is 384 g/mol. The predicted octanol–water partition coefficient (Wildman–Crippen LogP) is 3.57. The third kappa shape index (κ3) is 6.50. The van der Waals surface area contributed by atoms with Gasteiger partial charge in [0.15, 0.2) is 0 Å². The molecule has 0 aromatic heterocycles. The van der Waals surface area contributed by atoms with E-state index in [1.54, 1.807) is 18.2 Å². The first-order valence-electron chi connectivity index (χ1n) is 10.7. The zero-order valence-electron chi connectivity index (χ0n) is 16.7. The average Bonchev–Trinajstić information content (AvgIpc) is 2.72. The second-order valence-corrected chi connectivity index (χ2v) is 7.75. The van der Waals surface area contributed by atoms with Gasteiger partial charge in [-0.2, -0.15) is 0 Å². The van der Waals surface area contributed by atoms with Crippen LogP contribution in [-0.2, 0) is 0 Å². The number of nitrogens with one attached hydrogen (secondary N) is 3. The number of hydrogen-bond donors (Lipinski definition) is 4. The quantitative estimate of drug-likeness (QED) is 0.473. The van der Waals surface area contributed by atoms with Crippen LogP contribution in [0.3, 0.4) is 0 Å². The summed E-state index contributed by atoms with van der Waals surface area (Å²) in [6.07, 6.45) is 8.84. The van der Waals surface area contributed by atoms with Crippen LogP contribution in [0.5, 0.6) is 5.75 Å². The van der Waals surface area contributed by atoms with Gasteiger partial charge < -0.3 is 21.1 Å². The second kappa shape index (κ2) is 11.0. The third-order valence-electron chi connectivity index (χ3n) is 5.49. The first kappa shape index (κ1) is 20.6. The van der Waals surface area contributed by atoms with Crippen molar-refractivity contribution in [3.05, 3.63) is 42.0 Å². The van der Waals surface area contributed by atoms with E-state index in [-0.39, 0.29) is 11.7 Å². The third-order valence-corrected chi connectivity index (χ3v) is 5.49. The SMILES string of the molecule is O=C(NCCCCNCCNC1CCCCC1)c1ccc2cc(O)ccc2c1. The molecule has 152 valence electrons. The maximum absolute atomic E-state index is 12.3. The molecule has 0 atom stereocenters. The number of hydrogen-bond acceptors (Lipinski definition) is 4. The number of unbranched alkanes of at least 4 members (excludes halogenated alkanes) is 1. The van der Waals surface area contributed by atoms with E-state index in [9.17, 15) is 9.90 Å². The van der Waals surface area contributed by atoms with Gasteiger partial charge in [-0.05, 0) is 67.3 Å². The van der Waals surface area contributed by atoms with E-state index in [1.165, 1.54) is 32.1 Å². The molecule has 1 aliphatic carbocycles. The molecule has 0 aliphatic heterocycles. The van der Waals surface area contributed by atoms with Crippen LogP contribution in [0, 0.1) is 0 Å². The number of phenols is 1. The molecule has 0 spiro atoms. The van der Waals surface area contributed by atoms with Crippen molar-refractivity contribution >= 4 is 16.7 Å². The molecule has 0 heterocycles. The highest BCUT2D eigenvalue weighted by Gasteiger charge is 2.11.